The van der Waals surface area contributed by atoms with Crippen LogP contribution in [0.3, 0.4) is 0 Å². The van der Waals surface area contributed by atoms with E-state index >= 15 is 0 Å². The lowest BCUT2D eigenvalue weighted by molar-refractivity contribution is -0.116. The quantitative estimate of drug-likeness (QED) is 0.642. The van der Waals surface area contributed by atoms with Crippen LogP contribution in [0.15, 0.2) is 61.2 Å². The first kappa shape index (κ1) is 21.1. The number of hydrogen-bond acceptors (Lipinski definition) is 4. The summed E-state index contributed by atoms with van der Waals surface area (Å²) in [5.41, 5.74) is 3.49. The maximum Gasteiger partial charge on any atom is 0.255 e. The Hall–Kier alpha value is -2.57. The van der Waals surface area contributed by atoms with Crippen molar-refractivity contribution >= 4 is 29.3 Å². The molecule has 0 atom stereocenters. The van der Waals surface area contributed by atoms with Crippen LogP contribution in [0.25, 0.3) is 0 Å². The highest BCUT2D eigenvalue weighted by atomic mass is 32.2. The van der Waals surface area contributed by atoms with Gasteiger partial charge in [0.2, 0.25) is 5.91 Å². The van der Waals surface area contributed by atoms with Gasteiger partial charge in [0.15, 0.2) is 0 Å². The van der Waals surface area contributed by atoms with Crippen molar-refractivity contribution in [3.8, 4) is 0 Å². The smallest absolute Gasteiger partial charge is 0.255 e. The molecule has 2 amide bonds. The molecule has 1 fully saturated rings. The standard InChI is InChI=1S/C23H26N2O3S/c1-2-22(26)24-15-17-6-8-19(9-7-17)23(27)25-20-5-3-4-18(14-20)16-29-21-10-12-28-13-11-21/h2-9,14,21H,1,10-13,15-16H2,(H,24,26)(H,25,27). The van der Waals surface area contributed by atoms with Gasteiger partial charge < -0.3 is 15.4 Å². The van der Waals surface area contributed by atoms with Crippen LogP contribution in [0.5, 0.6) is 0 Å². The molecule has 1 aliphatic rings. The van der Waals surface area contributed by atoms with Crippen LogP contribution in [-0.4, -0.2) is 30.3 Å². The molecule has 0 unspecified atom stereocenters. The average molecular weight is 411 g/mol. The molecule has 3 rings (SSSR count). The Kier molecular flexibility index (Phi) is 7.90. The number of rotatable bonds is 8. The number of hydrogen-bond donors (Lipinski definition) is 2. The summed E-state index contributed by atoms with van der Waals surface area (Å²) in [6.45, 7) is 5.53. The molecule has 0 aliphatic carbocycles. The summed E-state index contributed by atoms with van der Waals surface area (Å²) in [6.07, 6.45) is 3.45. The van der Waals surface area contributed by atoms with Crippen molar-refractivity contribution in [3.05, 3.63) is 77.9 Å². The van der Waals surface area contributed by atoms with Crippen molar-refractivity contribution in [3.63, 3.8) is 0 Å². The Balaban J connectivity index is 1.53. The summed E-state index contributed by atoms with van der Waals surface area (Å²) in [5, 5.41) is 6.33. The molecule has 2 aromatic carbocycles. The molecule has 5 nitrogen and oxygen atoms in total. The van der Waals surface area contributed by atoms with Crippen molar-refractivity contribution < 1.29 is 14.3 Å². The van der Waals surface area contributed by atoms with Crippen molar-refractivity contribution in [1.29, 1.82) is 0 Å². The van der Waals surface area contributed by atoms with E-state index in [0.717, 1.165) is 43.1 Å². The van der Waals surface area contributed by atoms with Gasteiger partial charge in [0.1, 0.15) is 0 Å². The van der Waals surface area contributed by atoms with Gasteiger partial charge in [-0.25, -0.2) is 0 Å². The molecule has 0 aromatic heterocycles. The highest BCUT2D eigenvalue weighted by Crippen LogP contribution is 2.26. The molecule has 0 saturated carbocycles. The van der Waals surface area contributed by atoms with E-state index in [4.69, 9.17) is 4.74 Å². The number of nitrogens with one attached hydrogen (secondary N) is 2. The van der Waals surface area contributed by atoms with Crippen molar-refractivity contribution in [1.82, 2.24) is 5.32 Å². The summed E-state index contributed by atoms with van der Waals surface area (Å²) in [6, 6.07) is 15.2. The highest BCUT2D eigenvalue weighted by molar-refractivity contribution is 7.99. The minimum atomic E-state index is -0.221. The van der Waals surface area contributed by atoms with Gasteiger partial charge >= 0.3 is 0 Å². The third kappa shape index (κ3) is 6.76. The van der Waals surface area contributed by atoms with E-state index in [9.17, 15) is 9.59 Å². The van der Waals surface area contributed by atoms with E-state index in [1.54, 1.807) is 12.1 Å². The minimum Gasteiger partial charge on any atom is -0.381 e. The second kappa shape index (κ2) is 10.8. The first-order chi connectivity index (χ1) is 14.1. The van der Waals surface area contributed by atoms with Gasteiger partial charge in [0, 0.05) is 42.0 Å². The van der Waals surface area contributed by atoms with E-state index in [0.29, 0.717) is 17.4 Å². The largest absolute Gasteiger partial charge is 0.381 e. The van der Waals surface area contributed by atoms with Crippen molar-refractivity contribution in [2.45, 2.75) is 30.4 Å². The van der Waals surface area contributed by atoms with E-state index in [1.807, 2.05) is 42.1 Å². The number of benzene rings is 2. The summed E-state index contributed by atoms with van der Waals surface area (Å²) >= 11 is 1.96. The Morgan fingerprint density at radius 3 is 2.59 bits per heavy atom. The third-order valence-corrected chi connectivity index (χ3v) is 6.15. The van der Waals surface area contributed by atoms with Crippen LogP contribution in [-0.2, 0) is 21.8 Å². The fourth-order valence-electron chi connectivity index (χ4n) is 3.03. The molecule has 2 aromatic rings. The number of amides is 2. The predicted octanol–water partition coefficient (Wildman–Crippen LogP) is 4.15. The number of carbonyl (C=O) groups is 2. The first-order valence-electron chi connectivity index (χ1n) is 9.73. The molecular formula is C23H26N2O3S. The van der Waals surface area contributed by atoms with E-state index in [2.05, 4.69) is 23.3 Å². The minimum absolute atomic E-state index is 0.152. The first-order valence-corrected chi connectivity index (χ1v) is 10.8. The molecule has 6 heteroatoms. The average Bonchev–Trinajstić information content (AvgIpc) is 2.77. The van der Waals surface area contributed by atoms with Gasteiger partial charge in [-0.2, -0.15) is 11.8 Å². The molecular weight excluding hydrogens is 384 g/mol. The summed E-state index contributed by atoms with van der Waals surface area (Å²) in [4.78, 5) is 23.8. The Morgan fingerprint density at radius 2 is 1.86 bits per heavy atom. The molecule has 1 heterocycles. The zero-order valence-corrected chi connectivity index (χ0v) is 17.2. The monoisotopic (exact) mass is 410 g/mol. The van der Waals surface area contributed by atoms with Crippen LogP contribution in [0, 0.1) is 0 Å². The molecule has 152 valence electrons. The highest BCUT2D eigenvalue weighted by Gasteiger charge is 2.14. The molecule has 0 bridgehead atoms. The van der Waals surface area contributed by atoms with Gasteiger partial charge in [-0.05, 0) is 54.3 Å². The maximum absolute atomic E-state index is 12.5. The second-order valence-electron chi connectivity index (χ2n) is 6.90. The van der Waals surface area contributed by atoms with Gasteiger partial charge in [-0.3, -0.25) is 9.59 Å². The lowest BCUT2D eigenvalue weighted by Gasteiger charge is -2.21. The second-order valence-corrected chi connectivity index (χ2v) is 8.18. The molecule has 2 N–H and O–H groups in total. The topological polar surface area (TPSA) is 67.4 Å². The lowest BCUT2D eigenvalue weighted by Crippen LogP contribution is -2.20. The van der Waals surface area contributed by atoms with Gasteiger partial charge in [-0.1, -0.05) is 30.8 Å². The normalized spacial score (nSPS) is 14.2. The number of anilines is 1. The van der Waals surface area contributed by atoms with Crippen molar-refractivity contribution in [2.24, 2.45) is 0 Å². The van der Waals surface area contributed by atoms with Gasteiger partial charge in [0.25, 0.3) is 5.91 Å². The Bertz CT molecular complexity index is 845. The van der Waals surface area contributed by atoms with Crippen molar-refractivity contribution in [2.75, 3.05) is 18.5 Å². The number of thioether (sulfide) groups is 1. The number of ether oxygens (including phenoxy) is 1. The van der Waals surface area contributed by atoms with Crippen LogP contribution < -0.4 is 10.6 Å². The lowest BCUT2D eigenvalue weighted by atomic mass is 10.1. The predicted molar refractivity (Wildman–Crippen MR) is 118 cm³/mol. The summed E-state index contributed by atoms with van der Waals surface area (Å²) in [7, 11) is 0. The molecule has 1 saturated heterocycles. The van der Waals surface area contributed by atoms with Crippen LogP contribution in [0.4, 0.5) is 5.69 Å². The number of carbonyl (C=O) groups excluding carboxylic acids is 2. The fraction of sp³-hybridized carbons (Fsp3) is 0.304. The maximum atomic E-state index is 12.5. The zero-order valence-electron chi connectivity index (χ0n) is 16.4. The fourth-order valence-corrected chi connectivity index (χ4v) is 4.17. The Morgan fingerprint density at radius 1 is 1.10 bits per heavy atom. The van der Waals surface area contributed by atoms with Gasteiger partial charge in [0.05, 0.1) is 0 Å². The summed E-state index contributed by atoms with van der Waals surface area (Å²) in [5.74, 6) is 0.557. The van der Waals surface area contributed by atoms with Gasteiger partial charge in [-0.15, -0.1) is 0 Å². The third-order valence-electron chi connectivity index (χ3n) is 4.71. The molecule has 0 radical (unpaired) electrons. The molecule has 1 aliphatic heterocycles. The Labute approximate surface area is 175 Å². The van der Waals surface area contributed by atoms with Crippen LogP contribution in [0.2, 0.25) is 0 Å². The van der Waals surface area contributed by atoms with E-state index in [1.165, 1.54) is 11.6 Å². The molecule has 29 heavy (non-hydrogen) atoms. The molecule has 0 spiro atoms. The van der Waals surface area contributed by atoms with E-state index in [-0.39, 0.29) is 11.8 Å². The summed E-state index contributed by atoms with van der Waals surface area (Å²) < 4.78 is 5.41. The SMILES string of the molecule is C=CC(=O)NCc1ccc(C(=O)Nc2cccc(CSC3CCOCC3)c2)cc1. The zero-order chi connectivity index (χ0) is 20.5. The van der Waals surface area contributed by atoms with Crippen LogP contribution in [0.1, 0.15) is 34.3 Å². The van der Waals surface area contributed by atoms with Crippen LogP contribution >= 0.6 is 11.8 Å². The van der Waals surface area contributed by atoms with E-state index < -0.39 is 0 Å².